The molecule has 2 aromatic heterocycles. The van der Waals surface area contributed by atoms with Gasteiger partial charge in [0.2, 0.25) is 11.9 Å². The number of nitrogens with zero attached hydrogens (tertiary/aromatic N) is 5. The third-order valence-corrected chi connectivity index (χ3v) is 3.14. The molecular weight excluding hydrogens is 331 g/mol. The van der Waals surface area contributed by atoms with Crippen LogP contribution in [0.2, 0.25) is 10.2 Å². The van der Waals surface area contributed by atoms with Crippen LogP contribution in [0.4, 0.5) is 11.9 Å². The molecule has 2 heterocycles. The van der Waals surface area contributed by atoms with Crippen molar-refractivity contribution in [3.63, 3.8) is 0 Å². The fraction of sp³-hybridized carbons (Fsp3) is 0.250. The lowest BCUT2D eigenvalue weighted by Crippen LogP contribution is -2.17. The summed E-state index contributed by atoms with van der Waals surface area (Å²) in [5.41, 5.74) is 5.75. The quantitative estimate of drug-likeness (QED) is 0.659. The Hall–Kier alpha value is -2.19. The van der Waals surface area contributed by atoms with Gasteiger partial charge in [-0.1, -0.05) is 23.2 Å². The van der Waals surface area contributed by atoms with Crippen molar-refractivity contribution in [2.24, 2.45) is 0 Å². The molecule has 2 N–H and O–H groups in total. The molecule has 0 saturated carbocycles. The molecule has 0 aliphatic carbocycles. The third-order valence-electron chi connectivity index (χ3n) is 2.45. The first-order valence-corrected chi connectivity index (χ1v) is 6.78. The largest absolute Gasteiger partial charge is 0.454 e. The number of pyridine rings is 1. The van der Waals surface area contributed by atoms with E-state index in [1.165, 1.54) is 12.3 Å². The van der Waals surface area contributed by atoms with Crippen LogP contribution in [-0.2, 0) is 11.3 Å². The van der Waals surface area contributed by atoms with Gasteiger partial charge in [0.15, 0.2) is 12.4 Å². The Kier molecular flexibility index (Phi) is 4.94. The molecule has 116 valence electrons. The number of ether oxygens (including phenoxy) is 1. The highest BCUT2D eigenvalue weighted by Gasteiger charge is 2.13. The smallest absolute Gasteiger partial charge is 0.340 e. The van der Waals surface area contributed by atoms with Gasteiger partial charge in [0.1, 0.15) is 5.15 Å². The molecule has 0 aliphatic rings. The number of anilines is 2. The number of nitrogens with two attached hydrogens (primary N) is 1. The number of carbonyl (C=O) groups is 1. The fourth-order valence-corrected chi connectivity index (χ4v) is 1.71. The van der Waals surface area contributed by atoms with E-state index in [0.717, 1.165) is 0 Å². The Morgan fingerprint density at radius 3 is 2.68 bits per heavy atom. The summed E-state index contributed by atoms with van der Waals surface area (Å²) in [7, 11) is 3.51. The van der Waals surface area contributed by atoms with Gasteiger partial charge in [0, 0.05) is 20.3 Å². The molecule has 0 atom stereocenters. The zero-order chi connectivity index (χ0) is 16.3. The van der Waals surface area contributed by atoms with Crippen molar-refractivity contribution in [2.45, 2.75) is 6.61 Å². The highest BCUT2D eigenvalue weighted by atomic mass is 35.5. The summed E-state index contributed by atoms with van der Waals surface area (Å²) in [6.45, 7) is -0.160. The van der Waals surface area contributed by atoms with Crippen molar-refractivity contribution in [1.82, 2.24) is 19.9 Å². The van der Waals surface area contributed by atoms with Crippen LogP contribution in [0.3, 0.4) is 0 Å². The monoisotopic (exact) mass is 342 g/mol. The number of esters is 1. The first-order chi connectivity index (χ1) is 10.4. The van der Waals surface area contributed by atoms with Crippen molar-refractivity contribution in [3.8, 4) is 0 Å². The number of hydrogen-bond acceptors (Lipinski definition) is 8. The Morgan fingerprint density at radius 2 is 2.05 bits per heavy atom. The van der Waals surface area contributed by atoms with Crippen LogP contribution in [0, 0.1) is 0 Å². The van der Waals surface area contributed by atoms with E-state index in [2.05, 4.69) is 19.9 Å². The first-order valence-electron chi connectivity index (χ1n) is 6.02. The van der Waals surface area contributed by atoms with E-state index in [-0.39, 0.29) is 34.1 Å². The van der Waals surface area contributed by atoms with E-state index in [1.807, 2.05) is 0 Å². The Morgan fingerprint density at radius 1 is 1.32 bits per heavy atom. The maximum absolute atomic E-state index is 11.9. The zero-order valence-corrected chi connectivity index (χ0v) is 13.3. The first kappa shape index (κ1) is 16.2. The van der Waals surface area contributed by atoms with Gasteiger partial charge in [-0.05, 0) is 6.07 Å². The second-order valence-electron chi connectivity index (χ2n) is 4.38. The van der Waals surface area contributed by atoms with Gasteiger partial charge in [0.05, 0.1) is 10.6 Å². The molecule has 22 heavy (non-hydrogen) atoms. The Bertz CT molecular complexity index is 710. The summed E-state index contributed by atoms with van der Waals surface area (Å²) in [6, 6.07) is 1.37. The summed E-state index contributed by atoms with van der Waals surface area (Å²) >= 11 is 11.5. The van der Waals surface area contributed by atoms with Crippen molar-refractivity contribution < 1.29 is 9.53 Å². The molecule has 0 aliphatic heterocycles. The van der Waals surface area contributed by atoms with Crippen LogP contribution in [0.25, 0.3) is 0 Å². The van der Waals surface area contributed by atoms with Crippen LogP contribution >= 0.6 is 23.2 Å². The van der Waals surface area contributed by atoms with Crippen LogP contribution in [0.15, 0.2) is 12.3 Å². The average molecular weight is 343 g/mol. The molecule has 0 saturated heterocycles. The van der Waals surface area contributed by atoms with Crippen molar-refractivity contribution >= 4 is 41.1 Å². The molecule has 0 amide bonds. The van der Waals surface area contributed by atoms with Crippen LogP contribution in [0.1, 0.15) is 16.2 Å². The number of rotatable bonds is 4. The zero-order valence-electron chi connectivity index (χ0n) is 11.7. The van der Waals surface area contributed by atoms with Gasteiger partial charge in [-0.3, -0.25) is 0 Å². The summed E-state index contributed by atoms with van der Waals surface area (Å²) in [6.07, 6.45) is 1.27. The van der Waals surface area contributed by atoms with E-state index >= 15 is 0 Å². The second-order valence-corrected chi connectivity index (χ2v) is 5.14. The number of hydrogen-bond donors (Lipinski definition) is 1. The predicted molar refractivity (Wildman–Crippen MR) is 81.9 cm³/mol. The number of aromatic nitrogens is 4. The van der Waals surface area contributed by atoms with Crippen LogP contribution in [-0.4, -0.2) is 40.0 Å². The number of halogens is 2. The van der Waals surface area contributed by atoms with Gasteiger partial charge in [-0.25, -0.2) is 9.78 Å². The summed E-state index contributed by atoms with van der Waals surface area (Å²) in [4.78, 5) is 29.3. The van der Waals surface area contributed by atoms with Crippen LogP contribution < -0.4 is 10.6 Å². The average Bonchev–Trinajstić information content (AvgIpc) is 2.47. The van der Waals surface area contributed by atoms with E-state index in [4.69, 9.17) is 33.7 Å². The predicted octanol–water partition coefficient (Wildman–Crippen LogP) is 1.58. The summed E-state index contributed by atoms with van der Waals surface area (Å²) in [5, 5.41) is 0.273. The Balaban J connectivity index is 2.09. The molecule has 0 spiro atoms. The summed E-state index contributed by atoms with van der Waals surface area (Å²) < 4.78 is 5.09. The lowest BCUT2D eigenvalue weighted by atomic mass is 10.3. The minimum atomic E-state index is -0.628. The molecule has 0 aromatic carbocycles. The number of carbonyl (C=O) groups excluding carboxylic acids is 1. The minimum absolute atomic E-state index is 0.0425. The maximum Gasteiger partial charge on any atom is 0.340 e. The van der Waals surface area contributed by atoms with Crippen molar-refractivity contribution in [3.05, 3.63) is 33.8 Å². The van der Waals surface area contributed by atoms with E-state index in [9.17, 15) is 4.79 Å². The fourth-order valence-electron chi connectivity index (χ4n) is 1.44. The molecule has 2 aromatic rings. The molecule has 0 fully saturated rings. The van der Waals surface area contributed by atoms with E-state index < -0.39 is 5.97 Å². The van der Waals surface area contributed by atoms with Gasteiger partial charge in [-0.15, -0.1) is 0 Å². The molecular formula is C12H12Cl2N6O2. The molecule has 0 unspecified atom stereocenters. The minimum Gasteiger partial charge on any atom is -0.454 e. The van der Waals surface area contributed by atoms with Gasteiger partial charge in [0.25, 0.3) is 0 Å². The molecule has 0 radical (unpaired) electrons. The highest BCUT2D eigenvalue weighted by molar-refractivity contribution is 6.41. The third kappa shape index (κ3) is 3.92. The van der Waals surface area contributed by atoms with E-state index in [1.54, 1.807) is 19.0 Å². The summed E-state index contributed by atoms with van der Waals surface area (Å²) in [5.74, 6) is 0.0183. The lowest BCUT2D eigenvalue weighted by Gasteiger charge is -2.11. The van der Waals surface area contributed by atoms with Gasteiger partial charge < -0.3 is 15.4 Å². The van der Waals surface area contributed by atoms with Crippen LogP contribution in [0.5, 0.6) is 0 Å². The topological polar surface area (TPSA) is 107 Å². The van der Waals surface area contributed by atoms with Crippen molar-refractivity contribution in [2.75, 3.05) is 24.7 Å². The molecule has 2 rings (SSSR count). The van der Waals surface area contributed by atoms with Gasteiger partial charge in [-0.2, -0.15) is 15.0 Å². The standard InChI is InChI=1S/C12H12Cl2N6O2/c1-20(2)12-18-8(17-11(15)19-12)5-22-10(21)6-3-7(13)9(14)16-4-6/h3-4H,5H2,1-2H3,(H2,15,17,18,19). The molecule has 0 bridgehead atoms. The molecule has 10 heteroatoms. The Labute approximate surface area is 136 Å². The highest BCUT2D eigenvalue weighted by Crippen LogP contribution is 2.20. The normalized spacial score (nSPS) is 10.4. The number of nitrogen functional groups attached to an aromatic ring is 1. The second kappa shape index (κ2) is 6.71. The van der Waals surface area contributed by atoms with Gasteiger partial charge >= 0.3 is 5.97 Å². The maximum atomic E-state index is 11.9. The SMILES string of the molecule is CN(C)c1nc(N)nc(COC(=O)c2cnc(Cl)c(Cl)c2)n1. The molecule has 8 nitrogen and oxygen atoms in total. The van der Waals surface area contributed by atoms with E-state index in [0.29, 0.717) is 5.95 Å². The van der Waals surface area contributed by atoms with Crippen molar-refractivity contribution in [1.29, 1.82) is 0 Å². The lowest BCUT2D eigenvalue weighted by molar-refractivity contribution is 0.0461.